The highest BCUT2D eigenvalue weighted by Gasteiger charge is 2.32. The summed E-state index contributed by atoms with van der Waals surface area (Å²) in [6.45, 7) is 3.72. The second-order valence-electron chi connectivity index (χ2n) is 6.24. The van der Waals surface area contributed by atoms with E-state index in [9.17, 15) is 18.0 Å². The van der Waals surface area contributed by atoms with Gasteiger partial charge in [0, 0.05) is 27.2 Å². The molecule has 1 aromatic carbocycles. The first kappa shape index (κ1) is 21.8. The molecule has 1 aliphatic heterocycles. The molecule has 27 heavy (non-hydrogen) atoms. The predicted octanol–water partition coefficient (Wildman–Crippen LogP) is 3.45. The van der Waals surface area contributed by atoms with E-state index >= 15 is 0 Å². The van der Waals surface area contributed by atoms with Crippen molar-refractivity contribution in [2.45, 2.75) is 18.3 Å². The van der Waals surface area contributed by atoms with Crippen LogP contribution in [0, 0.1) is 0 Å². The average molecular weight is 422 g/mol. The third-order valence-corrected chi connectivity index (χ3v) is 5.73. The summed E-state index contributed by atoms with van der Waals surface area (Å²) in [4.78, 5) is 16.1. The van der Waals surface area contributed by atoms with Gasteiger partial charge in [0.05, 0.1) is 35.4 Å². The quantitative estimate of drug-likeness (QED) is 0.752. The van der Waals surface area contributed by atoms with E-state index < -0.39 is 22.9 Å². The van der Waals surface area contributed by atoms with E-state index in [2.05, 4.69) is 5.32 Å². The highest BCUT2D eigenvalue weighted by molar-refractivity contribution is 8.23. The maximum atomic E-state index is 13.1. The van der Waals surface area contributed by atoms with Crippen molar-refractivity contribution in [3.8, 4) is 0 Å². The Morgan fingerprint density at radius 2 is 1.96 bits per heavy atom. The number of hydrogen-bond acceptors (Lipinski definition) is 5. The lowest BCUT2D eigenvalue weighted by Gasteiger charge is -2.31. The Labute approximate surface area is 166 Å². The molecule has 2 rings (SSSR count). The van der Waals surface area contributed by atoms with Crippen molar-refractivity contribution in [1.82, 2.24) is 4.90 Å². The zero-order valence-electron chi connectivity index (χ0n) is 15.3. The van der Waals surface area contributed by atoms with Crippen LogP contribution in [0.4, 0.5) is 24.5 Å². The molecule has 0 bridgehead atoms. The Bertz CT molecular complexity index is 692. The number of hydrogen-bond donors (Lipinski definition) is 1. The van der Waals surface area contributed by atoms with Gasteiger partial charge in [-0.2, -0.15) is 13.2 Å². The average Bonchev–Trinajstić information content (AvgIpc) is 2.61. The van der Waals surface area contributed by atoms with Crippen molar-refractivity contribution in [1.29, 1.82) is 0 Å². The van der Waals surface area contributed by atoms with Gasteiger partial charge in [-0.05, 0) is 25.1 Å². The van der Waals surface area contributed by atoms with Gasteiger partial charge < -0.3 is 19.9 Å². The van der Waals surface area contributed by atoms with Crippen LogP contribution in [0.3, 0.4) is 0 Å². The Hall–Kier alpha value is -1.52. The Kier molecular flexibility index (Phi) is 7.35. The van der Waals surface area contributed by atoms with Crippen LogP contribution in [-0.2, 0) is 15.7 Å². The summed E-state index contributed by atoms with van der Waals surface area (Å²) in [5.41, 5.74) is -0.120. The Morgan fingerprint density at radius 1 is 1.33 bits per heavy atom. The summed E-state index contributed by atoms with van der Waals surface area (Å²) >= 11 is 6.35. The van der Waals surface area contributed by atoms with E-state index in [0.29, 0.717) is 36.3 Å². The molecule has 1 heterocycles. The van der Waals surface area contributed by atoms with E-state index in [1.54, 1.807) is 25.9 Å². The van der Waals surface area contributed by atoms with Crippen molar-refractivity contribution in [3.63, 3.8) is 0 Å². The number of nitrogens with one attached hydrogen (secondary N) is 1. The summed E-state index contributed by atoms with van der Waals surface area (Å²) in [5.74, 6) is -0.405. The molecule has 1 amide bonds. The molecular weight excluding hydrogens is 399 g/mol. The number of ether oxygens (including phenoxy) is 1. The van der Waals surface area contributed by atoms with E-state index in [0.717, 1.165) is 12.1 Å². The van der Waals surface area contributed by atoms with Crippen molar-refractivity contribution < 1.29 is 22.7 Å². The maximum absolute atomic E-state index is 13.1. The molecule has 0 unspecified atom stereocenters. The molecule has 1 aliphatic rings. The molecule has 0 aliphatic carbocycles. The monoisotopic (exact) mass is 421 g/mol. The van der Waals surface area contributed by atoms with Crippen LogP contribution in [0.1, 0.15) is 12.5 Å². The minimum absolute atomic E-state index is 0.139. The van der Waals surface area contributed by atoms with Crippen LogP contribution in [-0.4, -0.2) is 60.8 Å². The summed E-state index contributed by atoms with van der Waals surface area (Å²) < 4.78 is 45.2. The normalized spacial score (nSPS) is 16.0. The minimum atomic E-state index is -4.49. The van der Waals surface area contributed by atoms with Crippen LogP contribution in [0.25, 0.3) is 0 Å². The minimum Gasteiger partial charge on any atom is -0.378 e. The van der Waals surface area contributed by atoms with Gasteiger partial charge in [-0.1, -0.05) is 24.0 Å². The number of thioether (sulfide) groups is 1. The first-order chi connectivity index (χ1) is 12.6. The van der Waals surface area contributed by atoms with Gasteiger partial charge in [-0.25, -0.2) is 0 Å². The van der Waals surface area contributed by atoms with Gasteiger partial charge in [0.1, 0.15) is 4.32 Å². The van der Waals surface area contributed by atoms with Crippen LogP contribution >= 0.6 is 24.0 Å². The van der Waals surface area contributed by atoms with Crippen LogP contribution in [0.15, 0.2) is 18.2 Å². The zero-order valence-corrected chi connectivity index (χ0v) is 16.9. The smallest absolute Gasteiger partial charge is 0.378 e. The van der Waals surface area contributed by atoms with Gasteiger partial charge in [0.25, 0.3) is 0 Å². The van der Waals surface area contributed by atoms with Gasteiger partial charge in [0.2, 0.25) is 5.91 Å². The third-order valence-electron chi connectivity index (χ3n) is 3.95. The molecule has 1 saturated heterocycles. The topological polar surface area (TPSA) is 44.8 Å². The number of thiocarbonyl (C=S) groups is 1. The van der Waals surface area contributed by atoms with Crippen LogP contribution in [0.5, 0.6) is 0 Å². The fraction of sp³-hybridized carbons (Fsp3) is 0.529. The third kappa shape index (κ3) is 5.98. The Balaban J connectivity index is 2.25. The summed E-state index contributed by atoms with van der Waals surface area (Å²) in [5, 5.41) is 2.09. The largest absolute Gasteiger partial charge is 0.416 e. The molecule has 0 saturated carbocycles. The number of carbonyl (C=O) groups excluding carboxylic acids is 1. The van der Waals surface area contributed by atoms with E-state index in [-0.39, 0.29) is 5.69 Å². The van der Waals surface area contributed by atoms with Crippen molar-refractivity contribution >= 4 is 45.6 Å². The van der Waals surface area contributed by atoms with Crippen molar-refractivity contribution in [2.75, 3.05) is 50.6 Å². The summed E-state index contributed by atoms with van der Waals surface area (Å²) in [7, 11) is 3.53. The molecule has 0 spiro atoms. The first-order valence-electron chi connectivity index (χ1n) is 8.32. The molecule has 1 atom stereocenters. The molecule has 1 N–H and O–H groups in total. The van der Waals surface area contributed by atoms with Crippen molar-refractivity contribution in [2.24, 2.45) is 0 Å². The number of morpholine rings is 1. The lowest BCUT2D eigenvalue weighted by atomic mass is 10.1. The second kappa shape index (κ2) is 9.11. The van der Waals surface area contributed by atoms with Crippen LogP contribution in [0.2, 0.25) is 0 Å². The molecule has 0 aromatic heterocycles. The molecule has 150 valence electrons. The van der Waals surface area contributed by atoms with E-state index in [4.69, 9.17) is 17.0 Å². The maximum Gasteiger partial charge on any atom is 0.416 e. The zero-order chi connectivity index (χ0) is 20.2. The molecule has 1 aromatic rings. The van der Waals surface area contributed by atoms with Gasteiger partial charge in [-0.15, -0.1) is 0 Å². The fourth-order valence-corrected chi connectivity index (χ4v) is 3.55. The fourth-order valence-electron chi connectivity index (χ4n) is 2.44. The van der Waals surface area contributed by atoms with Crippen molar-refractivity contribution in [3.05, 3.63) is 23.8 Å². The van der Waals surface area contributed by atoms with E-state index in [1.165, 1.54) is 17.8 Å². The number of nitrogens with zero attached hydrogens (tertiary/aromatic N) is 2. The number of alkyl halides is 3. The molecular formula is C17H22F3N3O2S2. The standard InChI is InChI=1S/C17H22F3N3O2S2/c1-11(27-16(26)22(2)3)15(24)21-13-10-12(17(18,19)20)4-5-14(13)23-6-8-25-9-7-23/h4-5,10-11H,6-9H2,1-3H3,(H,21,24)/t11-/m0/s1. The van der Waals surface area contributed by atoms with Gasteiger partial charge >= 0.3 is 6.18 Å². The molecule has 5 nitrogen and oxygen atoms in total. The van der Waals surface area contributed by atoms with Gasteiger partial charge in [0.15, 0.2) is 0 Å². The number of carbonyl (C=O) groups is 1. The Morgan fingerprint density at radius 3 is 2.52 bits per heavy atom. The highest BCUT2D eigenvalue weighted by atomic mass is 32.2. The summed E-state index contributed by atoms with van der Waals surface area (Å²) in [6, 6.07) is 3.40. The number of halogens is 3. The van der Waals surface area contributed by atoms with E-state index in [1.807, 2.05) is 4.90 Å². The number of anilines is 2. The molecule has 0 radical (unpaired) electrons. The molecule has 1 fully saturated rings. The first-order valence-corrected chi connectivity index (χ1v) is 9.61. The number of benzene rings is 1. The van der Waals surface area contributed by atoms with Crippen LogP contribution < -0.4 is 10.2 Å². The predicted molar refractivity (Wildman–Crippen MR) is 106 cm³/mol. The lowest BCUT2D eigenvalue weighted by molar-refractivity contribution is -0.137. The SMILES string of the molecule is C[C@H](SC(=S)N(C)C)C(=O)Nc1cc(C(F)(F)F)ccc1N1CCOCC1. The summed E-state index contributed by atoms with van der Waals surface area (Å²) in [6.07, 6.45) is -4.49. The highest BCUT2D eigenvalue weighted by Crippen LogP contribution is 2.36. The lowest BCUT2D eigenvalue weighted by Crippen LogP contribution is -2.37. The molecule has 10 heteroatoms. The van der Waals surface area contributed by atoms with Gasteiger partial charge in [-0.3, -0.25) is 4.79 Å². The number of rotatable bonds is 4. The number of amides is 1. The second-order valence-corrected chi connectivity index (χ2v) is 8.21.